The first-order chi connectivity index (χ1) is 21.8. The number of hydrogen-bond donors (Lipinski definition) is 1. The zero-order valence-corrected chi connectivity index (χ0v) is 33.8. The second-order valence-electron chi connectivity index (χ2n) is 19.1. The molecule has 0 saturated heterocycles. The smallest absolute Gasteiger partial charge is 0.463 e. The van der Waals surface area contributed by atoms with Crippen molar-refractivity contribution in [2.75, 3.05) is 6.61 Å². The lowest BCUT2D eigenvalue weighted by Gasteiger charge is -2.34. The van der Waals surface area contributed by atoms with Crippen LogP contribution in [0.3, 0.4) is 0 Å². The molecule has 48 heavy (non-hydrogen) atoms. The molecule has 0 spiro atoms. The Morgan fingerprint density at radius 2 is 1.04 bits per heavy atom. The summed E-state index contributed by atoms with van der Waals surface area (Å²) in [6, 6.07) is 13.6. The summed E-state index contributed by atoms with van der Waals surface area (Å²) in [5.74, 6) is 2.19. The van der Waals surface area contributed by atoms with E-state index >= 15 is 0 Å². The molecular formula is C43H63O4P. The molecular weight excluding hydrogens is 611 g/mol. The van der Waals surface area contributed by atoms with Crippen LogP contribution in [0.25, 0.3) is 0 Å². The van der Waals surface area contributed by atoms with Gasteiger partial charge in [0.2, 0.25) is 0 Å². The van der Waals surface area contributed by atoms with E-state index in [4.69, 9.17) is 13.6 Å². The maximum atomic E-state index is 10.7. The molecule has 0 amide bonds. The van der Waals surface area contributed by atoms with E-state index in [9.17, 15) is 5.11 Å². The van der Waals surface area contributed by atoms with Crippen molar-refractivity contribution in [3.63, 3.8) is 0 Å². The van der Waals surface area contributed by atoms with E-state index < -0.39 is 8.60 Å². The van der Waals surface area contributed by atoms with E-state index in [-0.39, 0.29) is 27.1 Å². The normalized spacial score (nSPS) is 14.8. The highest BCUT2D eigenvalue weighted by atomic mass is 31.2. The Labute approximate surface area is 294 Å². The predicted molar refractivity (Wildman–Crippen MR) is 204 cm³/mol. The zero-order chi connectivity index (χ0) is 36.2. The van der Waals surface area contributed by atoms with Crippen LogP contribution in [0.1, 0.15) is 160 Å². The number of benzene rings is 3. The first-order valence-electron chi connectivity index (χ1n) is 17.7. The lowest BCUT2D eigenvalue weighted by atomic mass is 9.76. The number of rotatable bonds is 5. The third kappa shape index (κ3) is 8.78. The molecule has 0 atom stereocenters. The average molecular weight is 675 g/mol. The van der Waals surface area contributed by atoms with Crippen LogP contribution in [0.5, 0.6) is 17.2 Å². The SMILES string of the molecule is Cc1cc(CCCOP2Oc3c(cc(C(C)(C)C)cc3C(C)(C)C)Cc3cc(C(C)(C)C)cc(C(C)(C)C)c3O2)cc(C(C)(C)C)c1O. The van der Waals surface area contributed by atoms with E-state index in [2.05, 4.69) is 140 Å². The summed E-state index contributed by atoms with van der Waals surface area (Å²) in [5.41, 5.74) is 10.0. The standard InChI is InChI=1S/C43H63O4P/c1-27-20-28(21-33(36(27)44)41(8,9)10)18-17-19-45-48-46-37-29(23-31(39(2,3)4)25-34(37)42(11,12)13)22-30-24-32(40(5,6)7)26-35(38(30)47-48)43(14,15)16/h20-21,23-26,44H,17-19,22H2,1-16H3. The summed E-state index contributed by atoms with van der Waals surface area (Å²) in [4.78, 5) is 0. The molecule has 0 bridgehead atoms. The van der Waals surface area contributed by atoms with Crippen molar-refractivity contribution in [3.05, 3.63) is 86.5 Å². The first-order valence-corrected chi connectivity index (χ1v) is 18.8. The Morgan fingerprint density at radius 3 is 1.44 bits per heavy atom. The minimum Gasteiger partial charge on any atom is -0.507 e. The van der Waals surface area contributed by atoms with Gasteiger partial charge in [0.05, 0.1) is 6.61 Å². The number of aryl methyl sites for hydroxylation is 2. The second-order valence-corrected chi connectivity index (χ2v) is 20.2. The summed E-state index contributed by atoms with van der Waals surface area (Å²) in [7, 11) is -1.75. The van der Waals surface area contributed by atoms with Gasteiger partial charge in [-0.25, -0.2) is 0 Å². The maximum Gasteiger partial charge on any atom is 0.463 e. The highest BCUT2D eigenvalue weighted by Crippen LogP contribution is 2.53. The van der Waals surface area contributed by atoms with Gasteiger partial charge in [0, 0.05) is 17.5 Å². The average Bonchev–Trinajstić information content (AvgIpc) is 2.89. The molecule has 0 aliphatic carbocycles. The number of hydrogen-bond acceptors (Lipinski definition) is 4. The molecule has 3 aromatic rings. The van der Waals surface area contributed by atoms with E-state index in [1.165, 1.54) is 38.9 Å². The molecule has 1 aliphatic rings. The Balaban J connectivity index is 1.79. The maximum absolute atomic E-state index is 10.7. The molecule has 0 fully saturated rings. The fourth-order valence-corrected chi connectivity index (χ4v) is 7.40. The Morgan fingerprint density at radius 1 is 0.604 bits per heavy atom. The van der Waals surface area contributed by atoms with Crippen LogP contribution in [0.2, 0.25) is 0 Å². The van der Waals surface area contributed by atoms with Crippen molar-refractivity contribution in [1.29, 1.82) is 0 Å². The van der Waals surface area contributed by atoms with E-state index in [1.807, 2.05) is 6.92 Å². The van der Waals surface area contributed by atoms with Gasteiger partial charge in [-0.15, -0.1) is 0 Å². The molecule has 4 nitrogen and oxygen atoms in total. The summed E-state index contributed by atoms with van der Waals surface area (Å²) in [6.07, 6.45) is 2.37. The van der Waals surface area contributed by atoms with Crippen molar-refractivity contribution >= 4 is 8.60 Å². The molecule has 4 rings (SSSR count). The van der Waals surface area contributed by atoms with Gasteiger partial charge < -0.3 is 14.2 Å². The summed E-state index contributed by atoms with van der Waals surface area (Å²) >= 11 is 0. The van der Waals surface area contributed by atoms with Crippen LogP contribution >= 0.6 is 8.60 Å². The second kappa shape index (κ2) is 13.3. The van der Waals surface area contributed by atoms with Gasteiger partial charge in [0.25, 0.3) is 0 Å². The van der Waals surface area contributed by atoms with Gasteiger partial charge in [-0.3, -0.25) is 4.52 Å². The van der Waals surface area contributed by atoms with Gasteiger partial charge in [-0.1, -0.05) is 140 Å². The van der Waals surface area contributed by atoms with Crippen LogP contribution in [0, 0.1) is 6.92 Å². The van der Waals surface area contributed by atoms with E-state index in [0.29, 0.717) is 12.4 Å². The minimum atomic E-state index is -1.75. The third-order valence-electron chi connectivity index (χ3n) is 9.37. The van der Waals surface area contributed by atoms with Gasteiger partial charge in [0.15, 0.2) is 0 Å². The van der Waals surface area contributed by atoms with Crippen LogP contribution in [-0.4, -0.2) is 11.7 Å². The highest BCUT2D eigenvalue weighted by molar-refractivity contribution is 7.42. The van der Waals surface area contributed by atoms with Crippen LogP contribution < -0.4 is 9.05 Å². The summed E-state index contributed by atoms with van der Waals surface area (Å²) < 4.78 is 20.5. The highest BCUT2D eigenvalue weighted by Gasteiger charge is 2.35. The Bertz CT molecular complexity index is 1550. The minimum absolute atomic E-state index is 0.0127. The van der Waals surface area contributed by atoms with E-state index in [1.54, 1.807) is 0 Å². The lowest BCUT2D eigenvalue weighted by molar-refractivity contribution is 0.257. The topological polar surface area (TPSA) is 47.9 Å². The molecule has 1 N–H and O–H groups in total. The molecule has 0 radical (unpaired) electrons. The molecule has 5 heteroatoms. The fraction of sp³-hybridized carbons (Fsp3) is 0.581. The summed E-state index contributed by atoms with van der Waals surface area (Å²) in [5, 5.41) is 10.7. The number of fused-ring (bicyclic) bond motifs is 2. The van der Waals surface area contributed by atoms with Gasteiger partial charge in [-0.05, 0) is 85.8 Å². The Hall–Kier alpha value is -2.55. The Kier molecular flexibility index (Phi) is 10.6. The third-order valence-corrected chi connectivity index (χ3v) is 10.4. The largest absolute Gasteiger partial charge is 0.507 e. The molecule has 1 aliphatic heterocycles. The molecule has 1 heterocycles. The van der Waals surface area contributed by atoms with Crippen molar-refractivity contribution in [2.45, 2.75) is 157 Å². The van der Waals surface area contributed by atoms with Gasteiger partial charge in [0.1, 0.15) is 17.2 Å². The van der Waals surface area contributed by atoms with Gasteiger partial charge >= 0.3 is 8.60 Å². The van der Waals surface area contributed by atoms with Crippen molar-refractivity contribution in [2.24, 2.45) is 0 Å². The molecule has 264 valence electrons. The van der Waals surface area contributed by atoms with Crippen LogP contribution in [0.4, 0.5) is 0 Å². The molecule has 0 unspecified atom stereocenters. The van der Waals surface area contributed by atoms with Crippen molar-refractivity contribution in [1.82, 2.24) is 0 Å². The quantitative estimate of drug-likeness (QED) is 0.216. The molecule has 0 saturated carbocycles. The van der Waals surface area contributed by atoms with Crippen LogP contribution in [-0.2, 0) is 44.4 Å². The zero-order valence-electron chi connectivity index (χ0n) is 32.9. The summed E-state index contributed by atoms with van der Waals surface area (Å²) in [6.45, 7) is 36.2. The monoisotopic (exact) mass is 674 g/mol. The number of aromatic hydroxyl groups is 1. The molecule has 0 aromatic heterocycles. The lowest BCUT2D eigenvalue weighted by Crippen LogP contribution is -2.22. The molecule has 3 aromatic carbocycles. The van der Waals surface area contributed by atoms with Crippen molar-refractivity contribution in [3.8, 4) is 17.2 Å². The van der Waals surface area contributed by atoms with Crippen LogP contribution in [0.15, 0.2) is 36.4 Å². The number of phenols is 1. The van der Waals surface area contributed by atoms with E-state index in [0.717, 1.165) is 41.9 Å². The first kappa shape index (κ1) is 38.3. The number of phenolic OH excluding ortho intramolecular Hbond substituents is 1. The fourth-order valence-electron chi connectivity index (χ4n) is 6.25. The van der Waals surface area contributed by atoms with Gasteiger partial charge in [-0.2, -0.15) is 0 Å². The van der Waals surface area contributed by atoms with Crippen molar-refractivity contribution < 1.29 is 18.7 Å². The predicted octanol–water partition coefficient (Wildman–Crippen LogP) is 12.4.